The van der Waals surface area contributed by atoms with Gasteiger partial charge in [-0.05, 0) is 6.42 Å². The predicted octanol–water partition coefficient (Wildman–Crippen LogP) is -1.24. The van der Waals surface area contributed by atoms with Crippen LogP contribution < -0.4 is 4.72 Å². The predicted molar refractivity (Wildman–Crippen MR) is 45.7 cm³/mol. The van der Waals surface area contributed by atoms with E-state index in [0.29, 0.717) is 6.42 Å². The second-order valence-electron chi connectivity index (χ2n) is 2.56. The van der Waals surface area contributed by atoms with E-state index in [0.717, 1.165) is 0 Å². The second kappa shape index (κ2) is 5.15. The number of nitrogens with one attached hydrogen (secondary N) is 1. The molecule has 0 fully saturated rings. The first-order valence-electron chi connectivity index (χ1n) is 3.74. The number of rotatable bonds is 6. The molecule has 78 valence electrons. The Morgan fingerprint density at radius 3 is 2.46 bits per heavy atom. The number of carbonyl (C=O) groups is 1. The molecule has 7 heteroatoms. The van der Waals surface area contributed by atoms with Crippen molar-refractivity contribution >= 4 is 16.0 Å². The number of aliphatic hydroxyl groups excluding tert-OH is 1. The fourth-order valence-electron chi connectivity index (χ4n) is 0.581. The third-order valence-electron chi connectivity index (χ3n) is 1.32. The summed E-state index contributed by atoms with van der Waals surface area (Å²) < 4.78 is 23.7. The molecule has 0 aromatic carbocycles. The van der Waals surface area contributed by atoms with E-state index < -0.39 is 27.8 Å². The molecule has 6 nitrogen and oxygen atoms in total. The number of aliphatic hydroxyl groups is 1. The molecule has 0 spiro atoms. The number of carboxylic acids is 1. The zero-order chi connectivity index (χ0) is 10.5. The van der Waals surface area contributed by atoms with Gasteiger partial charge in [0.1, 0.15) is 0 Å². The topological polar surface area (TPSA) is 104 Å². The first-order chi connectivity index (χ1) is 5.87. The molecule has 0 aliphatic rings. The Labute approximate surface area is 76.6 Å². The van der Waals surface area contributed by atoms with Gasteiger partial charge in [-0.15, -0.1) is 0 Å². The molecule has 0 heterocycles. The van der Waals surface area contributed by atoms with Crippen LogP contribution in [0.5, 0.6) is 0 Å². The summed E-state index contributed by atoms with van der Waals surface area (Å²) >= 11 is 0. The van der Waals surface area contributed by atoms with Crippen molar-refractivity contribution in [3.8, 4) is 0 Å². The van der Waals surface area contributed by atoms with Crippen LogP contribution >= 0.6 is 0 Å². The summed E-state index contributed by atoms with van der Waals surface area (Å²) in [5.74, 6) is -2.39. The monoisotopic (exact) mass is 211 g/mol. The van der Waals surface area contributed by atoms with Gasteiger partial charge < -0.3 is 10.2 Å². The quantitative estimate of drug-likeness (QED) is 0.510. The van der Waals surface area contributed by atoms with E-state index in [1.807, 2.05) is 4.72 Å². The van der Waals surface area contributed by atoms with Gasteiger partial charge in [-0.2, -0.15) is 0 Å². The molecule has 0 aliphatic heterocycles. The zero-order valence-electron chi connectivity index (χ0n) is 7.23. The average Bonchev–Trinajstić information content (AvgIpc) is 1.98. The van der Waals surface area contributed by atoms with Gasteiger partial charge >= 0.3 is 5.97 Å². The second-order valence-corrected chi connectivity index (χ2v) is 4.37. The van der Waals surface area contributed by atoms with E-state index >= 15 is 0 Å². The van der Waals surface area contributed by atoms with Crippen molar-refractivity contribution in [2.24, 2.45) is 0 Å². The average molecular weight is 211 g/mol. The van der Waals surface area contributed by atoms with Gasteiger partial charge in [0.05, 0.1) is 6.10 Å². The third-order valence-corrected chi connectivity index (χ3v) is 2.56. The maximum atomic E-state index is 10.9. The van der Waals surface area contributed by atoms with Crippen molar-refractivity contribution in [2.45, 2.75) is 19.4 Å². The fourth-order valence-corrected chi connectivity index (χ4v) is 1.45. The smallest absolute Gasteiger partial charge is 0.320 e. The molecule has 3 N–H and O–H groups in total. The van der Waals surface area contributed by atoms with Crippen LogP contribution in [0.4, 0.5) is 0 Å². The summed E-state index contributed by atoms with van der Waals surface area (Å²) in [5.41, 5.74) is 0. The van der Waals surface area contributed by atoms with Crippen LogP contribution in [0.15, 0.2) is 0 Å². The Morgan fingerprint density at radius 1 is 1.54 bits per heavy atom. The van der Waals surface area contributed by atoms with Gasteiger partial charge in [-0.3, -0.25) is 4.79 Å². The largest absolute Gasteiger partial charge is 0.480 e. The number of aliphatic carboxylic acids is 1. The Kier molecular flexibility index (Phi) is 4.89. The van der Waals surface area contributed by atoms with E-state index in [2.05, 4.69) is 0 Å². The molecule has 0 saturated heterocycles. The van der Waals surface area contributed by atoms with Crippen LogP contribution in [0.25, 0.3) is 0 Å². The molecule has 0 aliphatic carbocycles. The Balaban J connectivity index is 3.97. The van der Waals surface area contributed by atoms with E-state index in [-0.39, 0.29) is 6.54 Å². The zero-order valence-corrected chi connectivity index (χ0v) is 8.04. The number of hydrogen-bond acceptors (Lipinski definition) is 4. The summed E-state index contributed by atoms with van der Waals surface area (Å²) in [7, 11) is -3.80. The lowest BCUT2D eigenvalue weighted by atomic mass is 10.3. The van der Waals surface area contributed by atoms with E-state index in [9.17, 15) is 13.2 Å². The lowest BCUT2D eigenvalue weighted by Crippen LogP contribution is -2.35. The number of hydrogen-bond donors (Lipinski definition) is 3. The molecule has 0 rings (SSSR count). The summed E-state index contributed by atoms with van der Waals surface area (Å²) in [5, 5.41) is 17.2. The van der Waals surface area contributed by atoms with Gasteiger partial charge in [-0.1, -0.05) is 6.92 Å². The van der Waals surface area contributed by atoms with Gasteiger partial charge in [0.2, 0.25) is 10.0 Å². The minimum absolute atomic E-state index is 0.147. The number of sulfonamides is 1. The van der Waals surface area contributed by atoms with E-state index in [1.54, 1.807) is 6.92 Å². The van der Waals surface area contributed by atoms with Crippen molar-refractivity contribution in [3.05, 3.63) is 0 Å². The molecule has 0 aromatic rings. The molecular formula is C6H13NO5S. The molecule has 13 heavy (non-hydrogen) atoms. The van der Waals surface area contributed by atoms with Crippen molar-refractivity contribution in [3.63, 3.8) is 0 Å². The third kappa shape index (κ3) is 6.50. The van der Waals surface area contributed by atoms with Crippen LogP contribution in [-0.4, -0.2) is 43.0 Å². The summed E-state index contributed by atoms with van der Waals surface area (Å²) in [6.07, 6.45) is -0.362. The van der Waals surface area contributed by atoms with Gasteiger partial charge in [0.25, 0.3) is 0 Å². The molecule has 0 radical (unpaired) electrons. The highest BCUT2D eigenvalue weighted by molar-refractivity contribution is 7.90. The van der Waals surface area contributed by atoms with Gasteiger partial charge in [-0.25, -0.2) is 13.1 Å². The van der Waals surface area contributed by atoms with Crippen molar-refractivity contribution in [2.75, 3.05) is 12.3 Å². The van der Waals surface area contributed by atoms with Crippen LogP contribution in [0.3, 0.4) is 0 Å². The number of carboxylic acid groups (broad SMARTS) is 1. The summed E-state index contributed by atoms with van der Waals surface area (Å²) in [6, 6.07) is 0. The fraction of sp³-hybridized carbons (Fsp3) is 0.833. The van der Waals surface area contributed by atoms with Crippen LogP contribution in [-0.2, 0) is 14.8 Å². The van der Waals surface area contributed by atoms with Crippen LogP contribution in [0, 0.1) is 0 Å². The molecule has 0 saturated carbocycles. The Hall–Kier alpha value is -0.660. The minimum atomic E-state index is -3.80. The Bertz CT molecular complexity index is 260. The summed E-state index contributed by atoms with van der Waals surface area (Å²) in [6.45, 7) is 1.54. The SMILES string of the molecule is CCC(O)CNS(=O)(=O)CC(=O)O. The first kappa shape index (κ1) is 12.3. The minimum Gasteiger partial charge on any atom is -0.480 e. The lowest BCUT2D eigenvalue weighted by Gasteiger charge is -2.08. The highest BCUT2D eigenvalue weighted by Gasteiger charge is 2.15. The Morgan fingerprint density at radius 2 is 2.08 bits per heavy atom. The van der Waals surface area contributed by atoms with Crippen molar-refractivity contribution < 1.29 is 23.4 Å². The van der Waals surface area contributed by atoms with Gasteiger partial charge in [0.15, 0.2) is 5.75 Å². The maximum absolute atomic E-state index is 10.9. The normalized spacial score (nSPS) is 14.0. The van der Waals surface area contributed by atoms with Crippen LogP contribution in [0.1, 0.15) is 13.3 Å². The molecule has 1 unspecified atom stereocenters. The highest BCUT2D eigenvalue weighted by Crippen LogP contribution is 1.90. The molecule has 0 amide bonds. The van der Waals surface area contributed by atoms with Gasteiger partial charge in [0, 0.05) is 6.54 Å². The summed E-state index contributed by atoms with van der Waals surface area (Å²) in [4.78, 5) is 10.0. The van der Waals surface area contributed by atoms with E-state index in [4.69, 9.17) is 10.2 Å². The molecule has 0 bridgehead atoms. The van der Waals surface area contributed by atoms with Crippen LogP contribution in [0.2, 0.25) is 0 Å². The maximum Gasteiger partial charge on any atom is 0.320 e. The molecular weight excluding hydrogens is 198 g/mol. The van der Waals surface area contributed by atoms with Crippen molar-refractivity contribution in [1.82, 2.24) is 4.72 Å². The first-order valence-corrected chi connectivity index (χ1v) is 5.40. The lowest BCUT2D eigenvalue weighted by molar-refractivity contribution is -0.134. The molecule has 1 atom stereocenters. The molecule has 0 aromatic heterocycles. The standard InChI is InChI=1S/C6H13NO5S/c1-2-5(8)3-7-13(11,12)4-6(9)10/h5,7-8H,2-4H2,1H3,(H,9,10). The van der Waals surface area contributed by atoms with Crippen molar-refractivity contribution in [1.29, 1.82) is 0 Å². The van der Waals surface area contributed by atoms with E-state index in [1.165, 1.54) is 0 Å². The highest BCUT2D eigenvalue weighted by atomic mass is 32.2.